The van der Waals surface area contributed by atoms with Gasteiger partial charge in [0.1, 0.15) is 0 Å². The fraction of sp³-hybridized carbons (Fsp3) is 0.133. The van der Waals surface area contributed by atoms with Crippen LogP contribution in [0.1, 0.15) is 52.7 Å². The number of hydrogen-bond acceptors (Lipinski definition) is 0. The van der Waals surface area contributed by atoms with Crippen molar-refractivity contribution in [3.63, 3.8) is 0 Å². The summed E-state index contributed by atoms with van der Waals surface area (Å²) in [4.78, 5) is 0. The normalized spacial score (nSPS) is 13.8. The third-order valence-corrected chi connectivity index (χ3v) is 15.4. The maximum absolute atomic E-state index is 2.67. The van der Waals surface area contributed by atoms with E-state index in [4.69, 9.17) is 0 Å². The molecule has 5 heterocycles. The maximum Gasteiger partial charge on any atom is 0.252 e. The van der Waals surface area contributed by atoms with E-state index in [1.165, 1.54) is 143 Å². The van der Waals surface area contributed by atoms with Crippen LogP contribution in [0.3, 0.4) is 0 Å². The van der Waals surface area contributed by atoms with E-state index in [9.17, 15) is 0 Å². The van der Waals surface area contributed by atoms with Gasteiger partial charge in [-0.2, -0.15) is 0 Å². The number of fused-ring (bicyclic) bond motifs is 14. The summed E-state index contributed by atoms with van der Waals surface area (Å²) in [6.45, 7) is 14.0. The van der Waals surface area contributed by atoms with Gasteiger partial charge < -0.3 is 13.7 Å². The second-order valence-corrected chi connectivity index (χ2v) is 20.9. The highest BCUT2D eigenvalue weighted by molar-refractivity contribution is 7.00. The first-order chi connectivity index (χ1) is 31.0. The number of nitrogens with zero attached hydrogens (tertiary/aromatic N) is 3. The van der Waals surface area contributed by atoms with Crippen LogP contribution in [-0.4, -0.2) is 20.4 Å². The second kappa shape index (κ2) is 11.4. The Labute approximate surface area is 371 Å². The van der Waals surface area contributed by atoms with Crippen LogP contribution in [0.15, 0.2) is 158 Å². The molecule has 12 aromatic rings. The average molecular weight is 818 g/mol. The summed E-state index contributed by atoms with van der Waals surface area (Å²) >= 11 is 0. The van der Waals surface area contributed by atoms with Crippen LogP contribution in [0.5, 0.6) is 0 Å². The van der Waals surface area contributed by atoms with Crippen molar-refractivity contribution in [1.82, 2.24) is 13.7 Å². The molecule has 0 atom stereocenters. The summed E-state index contributed by atoms with van der Waals surface area (Å²) in [5, 5.41) is 10.6. The topological polar surface area (TPSA) is 14.8 Å². The first-order valence-electron chi connectivity index (χ1n) is 23.0. The first kappa shape index (κ1) is 35.2. The van der Waals surface area contributed by atoms with Crippen LogP contribution >= 0.6 is 0 Å². The SMILES string of the molecule is CC(C)(C)c1ccc2c(c1)c1cc(C(C)(C)C)ccc1n2-c1cc2c3c(c1)-n1c4cccc5c4c4c6c(cccc6cc(c41)B3c1cccc3c4ccccc4n-2c13)-c1ccccc1-5. The van der Waals surface area contributed by atoms with E-state index in [-0.39, 0.29) is 17.5 Å². The molecular weight excluding hydrogens is 773 g/mol. The molecule has 0 bridgehead atoms. The molecule has 3 nitrogen and oxygen atoms in total. The van der Waals surface area contributed by atoms with Gasteiger partial charge in [-0.25, -0.2) is 0 Å². The Kier molecular flexibility index (Phi) is 6.29. The number of aromatic nitrogens is 3. The Hall–Kier alpha value is -7.30. The molecule has 3 aromatic heterocycles. The van der Waals surface area contributed by atoms with Crippen molar-refractivity contribution in [2.24, 2.45) is 0 Å². The van der Waals surface area contributed by atoms with Gasteiger partial charge in [-0.05, 0) is 120 Å². The Morgan fingerprint density at radius 2 is 0.922 bits per heavy atom. The largest absolute Gasteiger partial charge is 0.310 e. The van der Waals surface area contributed by atoms with Gasteiger partial charge in [-0.3, -0.25) is 0 Å². The van der Waals surface area contributed by atoms with Crippen LogP contribution < -0.4 is 16.4 Å². The van der Waals surface area contributed by atoms with Crippen LogP contribution in [0.4, 0.5) is 0 Å². The van der Waals surface area contributed by atoms with Gasteiger partial charge in [0.2, 0.25) is 0 Å². The van der Waals surface area contributed by atoms with E-state index < -0.39 is 0 Å². The fourth-order valence-electron chi connectivity index (χ4n) is 12.6. The molecular formula is C60H44BN3. The minimum absolute atomic E-state index is 0.0176. The van der Waals surface area contributed by atoms with Gasteiger partial charge in [-0.15, -0.1) is 0 Å². The van der Waals surface area contributed by atoms with E-state index in [0.717, 1.165) is 0 Å². The van der Waals surface area contributed by atoms with Gasteiger partial charge in [0, 0.05) is 49.2 Å². The Balaban J connectivity index is 1.16. The smallest absolute Gasteiger partial charge is 0.252 e. The molecule has 0 radical (unpaired) electrons. The number of para-hydroxylation sites is 2. The molecule has 9 aromatic carbocycles. The monoisotopic (exact) mass is 817 g/mol. The third-order valence-electron chi connectivity index (χ3n) is 15.4. The lowest BCUT2D eigenvalue weighted by molar-refractivity contribution is 0.590. The zero-order valence-electron chi connectivity index (χ0n) is 36.9. The van der Waals surface area contributed by atoms with Gasteiger partial charge in [0.15, 0.2) is 0 Å². The van der Waals surface area contributed by atoms with Gasteiger partial charge in [0.05, 0.1) is 33.3 Å². The van der Waals surface area contributed by atoms with Crippen LogP contribution in [0.25, 0.3) is 116 Å². The molecule has 15 rings (SSSR count). The lowest BCUT2D eigenvalue weighted by atomic mass is 9.34. The van der Waals surface area contributed by atoms with E-state index in [0.29, 0.717) is 0 Å². The summed E-state index contributed by atoms with van der Waals surface area (Å²) in [6, 6.07) is 61.2. The molecule has 4 heteroatoms. The van der Waals surface area contributed by atoms with Crippen molar-refractivity contribution in [3.05, 3.63) is 169 Å². The van der Waals surface area contributed by atoms with E-state index in [1.807, 2.05) is 0 Å². The molecule has 302 valence electrons. The number of hydrogen-bond donors (Lipinski definition) is 0. The second-order valence-electron chi connectivity index (χ2n) is 20.9. The zero-order valence-corrected chi connectivity index (χ0v) is 36.9. The fourth-order valence-corrected chi connectivity index (χ4v) is 12.6. The molecule has 0 fully saturated rings. The van der Waals surface area contributed by atoms with Crippen molar-refractivity contribution in [1.29, 1.82) is 0 Å². The molecule has 0 spiro atoms. The van der Waals surface area contributed by atoms with Crippen molar-refractivity contribution in [3.8, 4) is 39.3 Å². The molecule has 0 unspecified atom stereocenters. The van der Waals surface area contributed by atoms with Gasteiger partial charge in [-0.1, -0.05) is 151 Å². The van der Waals surface area contributed by atoms with Crippen LogP contribution in [-0.2, 0) is 10.8 Å². The van der Waals surface area contributed by atoms with Crippen molar-refractivity contribution in [2.75, 3.05) is 0 Å². The van der Waals surface area contributed by atoms with Crippen LogP contribution in [0, 0.1) is 0 Å². The average Bonchev–Trinajstić information content (AvgIpc) is 3.92. The number of rotatable bonds is 1. The van der Waals surface area contributed by atoms with E-state index in [2.05, 4.69) is 213 Å². The Morgan fingerprint density at radius 3 is 1.61 bits per heavy atom. The predicted octanol–water partition coefficient (Wildman–Crippen LogP) is 13.5. The molecule has 0 saturated heterocycles. The minimum Gasteiger partial charge on any atom is -0.310 e. The highest BCUT2D eigenvalue weighted by atomic mass is 15.1. The standard InChI is InChI=1S/C60H44BN3/c1-59(2,3)34-24-26-48-43(29-34)44-30-35(60(4,5)6)25-27-49(44)62(48)36-31-51-56-52(32-36)64-50-23-13-19-41-38-16-8-7-15-37(38)40-18-11-14-33-28-46(58(64)55(53(33)40)54(41)50)61(56)45-21-12-20-42-39-17-9-10-22-47(39)63(51)57(42)45/h7-32H,1-6H3. The predicted molar refractivity (Wildman–Crippen MR) is 273 cm³/mol. The van der Waals surface area contributed by atoms with Crippen LogP contribution in [0.2, 0.25) is 0 Å². The molecule has 64 heavy (non-hydrogen) atoms. The molecule has 2 aliphatic heterocycles. The lowest BCUT2D eigenvalue weighted by Crippen LogP contribution is -2.59. The molecule has 1 aliphatic carbocycles. The molecule has 0 saturated carbocycles. The summed E-state index contributed by atoms with van der Waals surface area (Å²) in [6.07, 6.45) is 0. The summed E-state index contributed by atoms with van der Waals surface area (Å²) in [7, 11) is 0. The number of benzene rings is 9. The Morgan fingerprint density at radius 1 is 0.375 bits per heavy atom. The van der Waals surface area contributed by atoms with Gasteiger partial charge in [0.25, 0.3) is 6.71 Å². The van der Waals surface area contributed by atoms with E-state index in [1.54, 1.807) is 0 Å². The van der Waals surface area contributed by atoms with Crippen molar-refractivity contribution < 1.29 is 0 Å². The van der Waals surface area contributed by atoms with Gasteiger partial charge >= 0.3 is 0 Å². The maximum atomic E-state index is 2.67. The highest BCUT2D eigenvalue weighted by Crippen LogP contribution is 2.51. The summed E-state index contributed by atoms with van der Waals surface area (Å²) in [5.74, 6) is 0. The van der Waals surface area contributed by atoms with Crippen molar-refractivity contribution in [2.45, 2.75) is 52.4 Å². The summed E-state index contributed by atoms with van der Waals surface area (Å²) < 4.78 is 7.85. The summed E-state index contributed by atoms with van der Waals surface area (Å²) in [5.41, 5.74) is 23.5. The molecule has 0 amide bonds. The third kappa shape index (κ3) is 4.16. The Bertz CT molecular complexity index is 4080. The highest BCUT2D eigenvalue weighted by Gasteiger charge is 2.42. The molecule has 0 N–H and O–H groups in total. The van der Waals surface area contributed by atoms with Crippen molar-refractivity contribution >= 4 is 99.3 Å². The minimum atomic E-state index is 0.0176. The van der Waals surface area contributed by atoms with E-state index >= 15 is 0 Å². The lowest BCUT2D eigenvalue weighted by Gasteiger charge is -2.34. The quantitative estimate of drug-likeness (QED) is 0.147. The first-order valence-corrected chi connectivity index (χ1v) is 23.0. The zero-order chi connectivity index (χ0) is 42.7. The molecule has 3 aliphatic rings.